The summed E-state index contributed by atoms with van der Waals surface area (Å²) >= 11 is 0. The van der Waals surface area contributed by atoms with E-state index in [0.29, 0.717) is 11.1 Å². The number of nitrogens with zero attached hydrogens (tertiary/aromatic N) is 2. The number of benzene rings is 2. The first-order chi connectivity index (χ1) is 54.7. The van der Waals surface area contributed by atoms with E-state index in [9.17, 15) is 97.1 Å². The molecule has 0 aliphatic heterocycles. The highest BCUT2D eigenvalue weighted by atomic mass is 16.4. The van der Waals surface area contributed by atoms with Crippen molar-refractivity contribution in [2.75, 3.05) is 26.2 Å². The van der Waals surface area contributed by atoms with Gasteiger partial charge in [-0.05, 0) is 91.2 Å². The number of H-pyrrole nitrogens is 2. The van der Waals surface area contributed by atoms with Crippen LogP contribution in [0.3, 0.4) is 0 Å². The Bertz CT molecular complexity index is 3990. The van der Waals surface area contributed by atoms with E-state index in [-0.39, 0.29) is 99.6 Å². The van der Waals surface area contributed by atoms with Crippen molar-refractivity contribution in [3.05, 3.63) is 96.1 Å². The molecule has 42 heteroatoms. The molecule has 636 valence electrons. The molecule has 2 aromatic carbocycles. The molecular weight excluding hydrogens is 1520 g/mol. The number of carbonyl (C=O) groups excluding carboxylic acids is 14. The fraction of sp³-hybridized carbons (Fsp3) is 0.527. The molecule has 0 spiro atoms. The van der Waals surface area contributed by atoms with Gasteiger partial charge >= 0.3 is 11.9 Å². The molecule has 27 N–H and O–H groups in total. The van der Waals surface area contributed by atoms with Crippen LogP contribution in [0.1, 0.15) is 129 Å². The Morgan fingerprint density at radius 1 is 0.431 bits per heavy atom. The van der Waals surface area contributed by atoms with Crippen LogP contribution in [-0.4, -0.2) is 234 Å². The zero-order valence-electron chi connectivity index (χ0n) is 65.8. The number of imidazole rings is 2. The van der Waals surface area contributed by atoms with E-state index in [1.807, 2.05) is 0 Å². The number of aromatic nitrogens is 4. The van der Waals surface area contributed by atoms with E-state index in [1.54, 1.807) is 55.4 Å². The first kappa shape index (κ1) is 95.6. The van der Waals surface area contributed by atoms with Crippen molar-refractivity contribution in [3.63, 3.8) is 0 Å². The van der Waals surface area contributed by atoms with Gasteiger partial charge in [-0.15, -0.1) is 0 Å². The normalized spacial score (nSPS) is 14.2. The molecule has 4 aromatic rings. The molecular formula is C74H110N22O20. The summed E-state index contributed by atoms with van der Waals surface area (Å²) in [5.74, 6) is -18.6. The molecule has 0 radical (unpaired) electrons. The number of carboxylic acids is 2. The first-order valence-electron chi connectivity index (χ1n) is 37.6. The minimum Gasteiger partial charge on any atom is -0.508 e. The molecule has 0 unspecified atom stereocenters. The predicted molar refractivity (Wildman–Crippen MR) is 415 cm³/mol. The highest BCUT2D eigenvalue weighted by Crippen LogP contribution is 2.18. The second-order valence-electron chi connectivity index (χ2n) is 28.9. The summed E-state index contributed by atoms with van der Waals surface area (Å²) < 4.78 is 0. The number of aliphatic carboxylic acids is 2. The Hall–Kier alpha value is -12.8. The number of phenolic OH excluding ortho intramolecular Hbond substituents is 2. The van der Waals surface area contributed by atoms with Crippen LogP contribution in [0.2, 0.25) is 0 Å². The number of phenols is 2. The second kappa shape index (κ2) is 48.3. The van der Waals surface area contributed by atoms with Gasteiger partial charge in [0.05, 0.1) is 43.2 Å². The number of guanidine groups is 1. The summed E-state index contributed by atoms with van der Waals surface area (Å²) in [6.07, 6.45) is 2.93. The predicted octanol–water partition coefficient (Wildman–Crippen LogP) is -4.78. The van der Waals surface area contributed by atoms with Crippen molar-refractivity contribution in [3.8, 4) is 11.5 Å². The molecule has 116 heavy (non-hydrogen) atoms. The minimum absolute atomic E-state index is 0.00367. The number of carboxylic acid groups (broad SMARTS) is 2. The van der Waals surface area contributed by atoms with Crippen molar-refractivity contribution in [2.24, 2.45) is 40.9 Å². The molecule has 0 aliphatic rings. The van der Waals surface area contributed by atoms with Gasteiger partial charge in [0.2, 0.25) is 82.7 Å². The van der Waals surface area contributed by atoms with Gasteiger partial charge in [0.25, 0.3) is 0 Å². The van der Waals surface area contributed by atoms with E-state index < -0.39 is 217 Å². The summed E-state index contributed by atoms with van der Waals surface area (Å²) in [5.41, 5.74) is 18.1. The first-order valence-corrected chi connectivity index (χ1v) is 37.6. The molecule has 12 atom stereocenters. The maximum absolute atomic E-state index is 14.8. The van der Waals surface area contributed by atoms with E-state index in [2.05, 4.69) is 94.4 Å². The van der Waals surface area contributed by atoms with Crippen molar-refractivity contribution < 1.29 is 97.1 Å². The lowest BCUT2D eigenvalue weighted by Crippen LogP contribution is -2.62. The number of nitrogens with one attached hydrogen (secondary N) is 17. The van der Waals surface area contributed by atoms with Gasteiger partial charge in [0, 0.05) is 57.5 Å². The number of aromatic amines is 2. The van der Waals surface area contributed by atoms with Gasteiger partial charge in [-0.25, -0.2) is 9.97 Å². The number of amides is 14. The van der Waals surface area contributed by atoms with Crippen molar-refractivity contribution in [1.82, 2.24) is 94.4 Å². The van der Waals surface area contributed by atoms with Gasteiger partial charge in [0.15, 0.2) is 5.96 Å². The lowest BCUT2D eigenvalue weighted by Gasteiger charge is -2.31. The molecule has 0 saturated heterocycles. The van der Waals surface area contributed by atoms with Crippen LogP contribution in [0.25, 0.3) is 0 Å². The SMILES string of the molecule is CC[C@H](C)[C@H](NC(=O)[C@@H](NC(=O)[C@H](Cc1ccc(O)cc1)NC(=O)CNC(=O)CNC(=O)[C@H](Cc1ccc(O)cc1)NC(=O)[C@@H](N)CCC(N)=O)C(C)C)C(=O)N[C@@H](CCCNC(=N)N)C(=O)N[C@@H](Cc1c[nH]cn1)C(=O)N[C@H](C(=O)N[C@@H](CC(C)C)C(=O)N[C@@H](CCC(=O)O)C(=O)N[C@@H](Cc1c[nH]cn1)C(=O)NCC(=O)O)C(C)C. The van der Waals surface area contributed by atoms with Gasteiger partial charge < -0.3 is 122 Å². The Kier molecular flexibility index (Phi) is 39.8. The van der Waals surface area contributed by atoms with Crippen LogP contribution in [-0.2, 0) is 102 Å². The third kappa shape index (κ3) is 34.7. The number of hydrogen-bond acceptors (Lipinski definition) is 22. The van der Waals surface area contributed by atoms with Crippen molar-refractivity contribution in [1.29, 1.82) is 5.41 Å². The van der Waals surface area contributed by atoms with Crippen LogP contribution in [0, 0.1) is 29.1 Å². The maximum Gasteiger partial charge on any atom is 0.322 e. The lowest BCUT2D eigenvalue weighted by molar-refractivity contribution is -0.139. The molecule has 0 aliphatic carbocycles. The molecule has 2 aromatic heterocycles. The number of aromatic hydroxyl groups is 2. The van der Waals surface area contributed by atoms with Gasteiger partial charge in [-0.2, -0.15) is 0 Å². The average Bonchev–Trinajstić information content (AvgIpc) is 1.30. The minimum atomic E-state index is -1.65. The molecule has 0 saturated carbocycles. The van der Waals surface area contributed by atoms with E-state index in [0.717, 1.165) is 0 Å². The van der Waals surface area contributed by atoms with Crippen LogP contribution >= 0.6 is 0 Å². The fourth-order valence-electron chi connectivity index (χ4n) is 11.5. The highest BCUT2D eigenvalue weighted by molar-refractivity contribution is 6.00. The molecule has 2 heterocycles. The molecule has 14 amide bonds. The zero-order chi connectivity index (χ0) is 86.5. The van der Waals surface area contributed by atoms with Gasteiger partial charge in [-0.1, -0.05) is 86.1 Å². The standard InChI is InChI=1S/C74H110N22O20/c1-9-40(8)62(96-72(115)61(39(6)7)95-69(112)52(27-42-14-18-46(98)19-15-42)87-57(101)33-82-56(100)32-83-64(107)51(26-41-12-16-45(97)17-13-41)90-63(106)47(75)20-22-55(76)99)73(116)89-48(11-10-24-81-74(77)78)66(109)92-54(29-44-31-80-36-86-44)70(113)94-60(38(4)5)71(114)93-50(25-37(2)3)68(111)88-49(21-23-58(102)103)67(110)91-53(28-43-30-79-35-85-43)65(108)84-34-59(104)105/h12-19,30-31,35-40,47-54,60-62,97-98H,9-11,20-29,32-34,75H2,1-8H3,(H2,76,99)(H,79,85)(H,80,86)(H,82,100)(H,83,107)(H,84,108)(H,87,101)(H,88,111)(H,89,116)(H,90,106)(H,91,110)(H,92,109)(H,93,114)(H,94,113)(H,95,112)(H,96,115)(H,102,103)(H,104,105)(H4,77,78,81)/t40-,47-,48-,49-,50-,51-,52-,53-,54-,60-,61-,62-/m0/s1. The number of hydrogen-bond donors (Lipinski definition) is 24. The Morgan fingerprint density at radius 2 is 0.836 bits per heavy atom. The molecule has 42 nitrogen and oxygen atoms in total. The third-order valence-electron chi connectivity index (χ3n) is 18.1. The van der Waals surface area contributed by atoms with E-state index in [4.69, 9.17) is 22.6 Å². The molecule has 4 rings (SSSR count). The van der Waals surface area contributed by atoms with Gasteiger partial charge in [-0.3, -0.25) is 82.1 Å². The van der Waals surface area contributed by atoms with E-state index in [1.165, 1.54) is 73.6 Å². The quantitative estimate of drug-likeness (QED) is 0.0112. The summed E-state index contributed by atoms with van der Waals surface area (Å²) in [6, 6.07) is -4.86. The van der Waals surface area contributed by atoms with Crippen molar-refractivity contribution in [2.45, 2.75) is 199 Å². The van der Waals surface area contributed by atoms with Crippen LogP contribution in [0.4, 0.5) is 0 Å². The summed E-state index contributed by atoms with van der Waals surface area (Å²) in [5, 5.41) is 81.9. The summed E-state index contributed by atoms with van der Waals surface area (Å²) in [4.78, 5) is 231. The second-order valence-corrected chi connectivity index (χ2v) is 28.9. The Morgan fingerprint density at radius 3 is 1.29 bits per heavy atom. The number of primary amides is 1. The Balaban J connectivity index is 1.56. The van der Waals surface area contributed by atoms with Crippen LogP contribution in [0.15, 0.2) is 73.6 Å². The maximum atomic E-state index is 14.8. The van der Waals surface area contributed by atoms with Crippen LogP contribution < -0.4 is 91.6 Å². The number of rotatable bonds is 51. The number of nitrogens with two attached hydrogens (primary N) is 3. The molecule has 0 fully saturated rings. The lowest BCUT2D eigenvalue weighted by atomic mass is 9.95. The third-order valence-corrected chi connectivity index (χ3v) is 18.1. The smallest absolute Gasteiger partial charge is 0.322 e. The largest absolute Gasteiger partial charge is 0.508 e. The monoisotopic (exact) mass is 1630 g/mol. The summed E-state index contributed by atoms with van der Waals surface area (Å²) in [6.45, 7) is 10.7. The average molecular weight is 1630 g/mol. The van der Waals surface area contributed by atoms with Gasteiger partial charge in [0.1, 0.15) is 78.5 Å². The molecule has 0 bridgehead atoms. The Labute approximate surface area is 668 Å². The fourth-order valence-corrected chi connectivity index (χ4v) is 11.5. The zero-order valence-corrected chi connectivity index (χ0v) is 65.8. The van der Waals surface area contributed by atoms with Crippen molar-refractivity contribution >= 4 is 101 Å². The number of carbonyl (C=O) groups is 16. The topological polar surface area (TPSA) is 682 Å². The van der Waals surface area contributed by atoms with Crippen LogP contribution in [0.5, 0.6) is 11.5 Å². The highest BCUT2D eigenvalue weighted by Gasteiger charge is 2.39. The van der Waals surface area contributed by atoms with E-state index >= 15 is 0 Å². The summed E-state index contributed by atoms with van der Waals surface area (Å²) in [7, 11) is 0.